The lowest BCUT2D eigenvalue weighted by molar-refractivity contribution is -0.0504. The molecule has 2 N–H and O–H groups in total. The Hall–Kier alpha value is -1.95. The van der Waals surface area contributed by atoms with Gasteiger partial charge in [0, 0.05) is 44.1 Å². The summed E-state index contributed by atoms with van der Waals surface area (Å²) in [7, 11) is 3.32. The molecule has 0 fully saturated rings. The van der Waals surface area contributed by atoms with Crippen LogP contribution in [0, 0.1) is 20.8 Å². The van der Waals surface area contributed by atoms with Crippen molar-refractivity contribution >= 4 is 29.9 Å². The van der Waals surface area contributed by atoms with Crippen LogP contribution in [0.5, 0.6) is 5.75 Å². The summed E-state index contributed by atoms with van der Waals surface area (Å²) in [5, 5.41) is 10.9. The monoisotopic (exact) mass is 537 g/mol. The van der Waals surface area contributed by atoms with Gasteiger partial charge in [0.1, 0.15) is 5.75 Å². The first-order chi connectivity index (χ1) is 13.8. The van der Waals surface area contributed by atoms with Gasteiger partial charge in [-0.3, -0.25) is 9.67 Å². The predicted molar refractivity (Wildman–Crippen MR) is 124 cm³/mol. The van der Waals surface area contributed by atoms with Crippen molar-refractivity contribution < 1.29 is 18.3 Å². The molecule has 1 heterocycles. The standard InChI is InChI=1S/C20H29F2N5O2.HI/c1-13-6-7-18(29-19(21)22)16(10-13)11-24-20(23-4)25-12-17-14(2)26-27(15(17)3)8-9-28-5;/h6-7,10,19H,8-9,11-12H2,1-5H3,(H2,23,24,25);1H. The third kappa shape index (κ3) is 7.38. The van der Waals surface area contributed by atoms with Crippen LogP contribution >= 0.6 is 24.0 Å². The molecule has 0 aliphatic heterocycles. The second kappa shape index (κ2) is 12.7. The number of hydrogen-bond acceptors (Lipinski definition) is 4. The molecule has 0 spiro atoms. The van der Waals surface area contributed by atoms with Crippen LogP contribution in [-0.4, -0.2) is 43.1 Å². The van der Waals surface area contributed by atoms with Gasteiger partial charge in [0.25, 0.3) is 0 Å². The van der Waals surface area contributed by atoms with Gasteiger partial charge < -0.3 is 20.1 Å². The molecule has 2 rings (SSSR count). The second-order valence-corrected chi connectivity index (χ2v) is 6.63. The Labute approximate surface area is 193 Å². The maximum Gasteiger partial charge on any atom is 0.387 e. The second-order valence-electron chi connectivity index (χ2n) is 6.63. The zero-order chi connectivity index (χ0) is 21.4. The molecule has 30 heavy (non-hydrogen) atoms. The van der Waals surface area contributed by atoms with Crippen molar-refractivity contribution in [1.29, 1.82) is 0 Å². The van der Waals surface area contributed by atoms with Gasteiger partial charge in [-0.25, -0.2) is 0 Å². The molecule has 0 saturated carbocycles. The SMILES string of the molecule is CN=C(NCc1cc(C)ccc1OC(F)F)NCc1c(C)nn(CCOC)c1C.I. The molecule has 0 aliphatic rings. The van der Waals surface area contributed by atoms with Crippen molar-refractivity contribution in [3.05, 3.63) is 46.3 Å². The van der Waals surface area contributed by atoms with E-state index in [2.05, 4.69) is 25.5 Å². The number of nitrogens with one attached hydrogen (secondary N) is 2. The number of methoxy groups -OCH3 is 1. The van der Waals surface area contributed by atoms with Gasteiger partial charge in [-0.05, 0) is 26.8 Å². The molecule has 1 aromatic heterocycles. The Bertz CT molecular complexity index is 843. The van der Waals surface area contributed by atoms with Crippen LogP contribution in [0.2, 0.25) is 0 Å². The molecule has 0 saturated heterocycles. The van der Waals surface area contributed by atoms with E-state index >= 15 is 0 Å². The summed E-state index contributed by atoms with van der Waals surface area (Å²) in [6.45, 7) is 5.14. The molecule has 2 aromatic rings. The molecule has 10 heteroatoms. The summed E-state index contributed by atoms with van der Waals surface area (Å²) in [6, 6.07) is 5.10. The van der Waals surface area contributed by atoms with E-state index in [1.165, 1.54) is 0 Å². The predicted octanol–water partition coefficient (Wildman–Crippen LogP) is 3.54. The Kier molecular flexibility index (Phi) is 11.0. The Morgan fingerprint density at radius 3 is 2.53 bits per heavy atom. The normalized spacial score (nSPS) is 11.4. The van der Waals surface area contributed by atoms with E-state index in [-0.39, 0.29) is 29.7 Å². The summed E-state index contributed by atoms with van der Waals surface area (Å²) in [5.41, 5.74) is 4.68. The van der Waals surface area contributed by atoms with E-state index < -0.39 is 6.61 Å². The first-order valence-electron chi connectivity index (χ1n) is 9.36. The van der Waals surface area contributed by atoms with Gasteiger partial charge in [-0.1, -0.05) is 17.7 Å². The summed E-state index contributed by atoms with van der Waals surface area (Å²) >= 11 is 0. The number of aromatic nitrogens is 2. The van der Waals surface area contributed by atoms with Crippen LogP contribution in [0.25, 0.3) is 0 Å². The molecule has 0 atom stereocenters. The average molecular weight is 537 g/mol. The minimum atomic E-state index is -2.87. The number of nitrogens with zero attached hydrogens (tertiary/aromatic N) is 3. The van der Waals surface area contributed by atoms with E-state index in [1.54, 1.807) is 26.3 Å². The highest BCUT2D eigenvalue weighted by atomic mass is 127. The number of alkyl halides is 2. The highest BCUT2D eigenvalue weighted by Gasteiger charge is 2.13. The molecule has 0 bridgehead atoms. The van der Waals surface area contributed by atoms with Gasteiger partial charge in [0.05, 0.1) is 18.8 Å². The largest absolute Gasteiger partial charge is 0.434 e. The molecule has 1 aromatic carbocycles. The first kappa shape index (κ1) is 26.1. The van der Waals surface area contributed by atoms with Crippen LogP contribution < -0.4 is 15.4 Å². The number of rotatable bonds is 9. The van der Waals surface area contributed by atoms with E-state index in [9.17, 15) is 8.78 Å². The van der Waals surface area contributed by atoms with Crippen molar-refractivity contribution in [3.63, 3.8) is 0 Å². The molecule has 7 nitrogen and oxygen atoms in total. The van der Waals surface area contributed by atoms with E-state index in [0.717, 1.165) is 22.5 Å². The molecular formula is C20H30F2IN5O2. The molecule has 0 radical (unpaired) electrons. The Morgan fingerprint density at radius 2 is 1.90 bits per heavy atom. The Morgan fingerprint density at radius 1 is 1.20 bits per heavy atom. The van der Waals surface area contributed by atoms with Gasteiger partial charge in [0.2, 0.25) is 0 Å². The van der Waals surface area contributed by atoms with Crippen LogP contribution in [-0.2, 0) is 24.4 Å². The fraction of sp³-hybridized carbons (Fsp3) is 0.500. The fourth-order valence-electron chi connectivity index (χ4n) is 3.01. The molecule has 0 aliphatic carbocycles. The van der Waals surface area contributed by atoms with E-state index in [4.69, 9.17) is 4.74 Å². The highest BCUT2D eigenvalue weighted by molar-refractivity contribution is 14.0. The minimum absolute atomic E-state index is 0. The summed E-state index contributed by atoms with van der Waals surface area (Å²) in [5.74, 6) is 0.706. The smallest absolute Gasteiger partial charge is 0.387 e. The van der Waals surface area contributed by atoms with Crippen LogP contribution in [0.3, 0.4) is 0 Å². The lowest BCUT2D eigenvalue weighted by atomic mass is 10.1. The van der Waals surface area contributed by atoms with Crippen molar-refractivity contribution in [3.8, 4) is 5.75 Å². The molecule has 168 valence electrons. The number of aryl methyl sites for hydroxylation is 2. The molecule has 0 unspecified atom stereocenters. The maximum atomic E-state index is 12.6. The number of guanidine groups is 1. The lowest BCUT2D eigenvalue weighted by Crippen LogP contribution is -2.36. The highest BCUT2D eigenvalue weighted by Crippen LogP contribution is 2.22. The van der Waals surface area contributed by atoms with Crippen LogP contribution in [0.4, 0.5) is 8.78 Å². The number of hydrogen-bond donors (Lipinski definition) is 2. The van der Waals surface area contributed by atoms with Crippen LogP contribution in [0.1, 0.15) is 28.1 Å². The van der Waals surface area contributed by atoms with Crippen molar-refractivity contribution in [1.82, 2.24) is 20.4 Å². The Balaban J connectivity index is 0.00000450. The first-order valence-corrected chi connectivity index (χ1v) is 9.36. The number of ether oxygens (including phenoxy) is 2. The fourth-order valence-corrected chi connectivity index (χ4v) is 3.01. The zero-order valence-corrected chi connectivity index (χ0v) is 20.3. The van der Waals surface area contributed by atoms with Gasteiger partial charge >= 0.3 is 6.61 Å². The summed E-state index contributed by atoms with van der Waals surface area (Å²) in [4.78, 5) is 4.21. The number of aliphatic imine (C=N–C) groups is 1. The quantitative estimate of drug-likeness (QED) is 0.291. The summed E-state index contributed by atoms with van der Waals surface area (Å²) < 4.78 is 36.9. The summed E-state index contributed by atoms with van der Waals surface area (Å²) in [6.07, 6.45) is 0. The topological polar surface area (TPSA) is 72.7 Å². The third-order valence-electron chi connectivity index (χ3n) is 4.57. The zero-order valence-electron chi connectivity index (χ0n) is 18.0. The third-order valence-corrected chi connectivity index (χ3v) is 4.57. The number of halogens is 3. The number of benzene rings is 1. The lowest BCUT2D eigenvalue weighted by Gasteiger charge is -2.15. The van der Waals surface area contributed by atoms with E-state index in [1.807, 2.05) is 31.5 Å². The molecular weight excluding hydrogens is 507 g/mol. The maximum absolute atomic E-state index is 12.6. The van der Waals surface area contributed by atoms with Crippen molar-refractivity contribution in [2.75, 3.05) is 20.8 Å². The van der Waals surface area contributed by atoms with Crippen LogP contribution in [0.15, 0.2) is 23.2 Å². The van der Waals surface area contributed by atoms with E-state index in [0.29, 0.717) is 37.8 Å². The van der Waals surface area contributed by atoms with Crippen molar-refractivity contribution in [2.45, 2.75) is 47.0 Å². The van der Waals surface area contributed by atoms with Crippen molar-refractivity contribution in [2.24, 2.45) is 4.99 Å². The van der Waals surface area contributed by atoms with Gasteiger partial charge in [-0.2, -0.15) is 13.9 Å². The van der Waals surface area contributed by atoms with Gasteiger partial charge in [-0.15, -0.1) is 24.0 Å². The minimum Gasteiger partial charge on any atom is -0.434 e. The van der Waals surface area contributed by atoms with Gasteiger partial charge in [0.15, 0.2) is 5.96 Å². The molecule has 0 amide bonds. The average Bonchev–Trinajstić information content (AvgIpc) is 2.95.